The molecule has 1 aliphatic carbocycles. The van der Waals surface area contributed by atoms with Crippen molar-refractivity contribution in [1.82, 2.24) is 15.4 Å². The van der Waals surface area contributed by atoms with Crippen LogP contribution in [0, 0.1) is 10.1 Å². The maximum atomic E-state index is 12.5. The Balaban J connectivity index is 1.55. The first-order valence-corrected chi connectivity index (χ1v) is 9.61. The summed E-state index contributed by atoms with van der Waals surface area (Å²) in [6, 6.07) is 3.68. The third-order valence-electron chi connectivity index (χ3n) is 4.62. The van der Waals surface area contributed by atoms with E-state index in [-0.39, 0.29) is 11.4 Å². The number of nitro groups is 1. The van der Waals surface area contributed by atoms with Crippen LogP contribution in [0.5, 0.6) is 5.75 Å². The fourth-order valence-electron chi connectivity index (χ4n) is 3.26. The summed E-state index contributed by atoms with van der Waals surface area (Å²) in [6.07, 6.45) is 5.06. The van der Waals surface area contributed by atoms with E-state index in [1.165, 1.54) is 23.6 Å². The molecule has 0 aliphatic heterocycles. The Morgan fingerprint density at radius 1 is 1.38 bits per heavy atom. The standard InChI is InChI=1S/C18H15N5O5S/c24-12-6-5-9(7-11(12)23(27)28)8-19-22-17(26)15-20-16(25)14-10-3-1-2-4-13(10)29-18(14)21-15/h5-8,24H,1-4H2,(H,22,26)(H,20,21,25)/b19-8-. The van der Waals surface area contributed by atoms with Gasteiger partial charge in [0.1, 0.15) is 4.83 Å². The van der Waals surface area contributed by atoms with Crippen LogP contribution in [0.3, 0.4) is 0 Å². The molecule has 1 aliphatic rings. The largest absolute Gasteiger partial charge is 0.502 e. The fraction of sp³-hybridized carbons (Fsp3) is 0.222. The highest BCUT2D eigenvalue weighted by atomic mass is 32.1. The summed E-state index contributed by atoms with van der Waals surface area (Å²) in [5.41, 5.74) is 2.75. The third-order valence-corrected chi connectivity index (χ3v) is 5.80. The molecule has 148 valence electrons. The molecule has 3 N–H and O–H groups in total. The van der Waals surface area contributed by atoms with Gasteiger partial charge in [0.2, 0.25) is 5.82 Å². The minimum absolute atomic E-state index is 0.157. The lowest BCUT2D eigenvalue weighted by Gasteiger charge is -2.09. The van der Waals surface area contributed by atoms with Gasteiger partial charge in [0.25, 0.3) is 5.56 Å². The number of aromatic hydroxyl groups is 1. The van der Waals surface area contributed by atoms with Crippen LogP contribution in [0.15, 0.2) is 28.1 Å². The van der Waals surface area contributed by atoms with Crippen molar-refractivity contribution in [2.45, 2.75) is 25.7 Å². The number of carbonyl (C=O) groups excluding carboxylic acids is 1. The van der Waals surface area contributed by atoms with Crippen LogP contribution in [0.2, 0.25) is 0 Å². The molecule has 0 saturated heterocycles. The maximum absolute atomic E-state index is 12.5. The summed E-state index contributed by atoms with van der Waals surface area (Å²) in [5.74, 6) is -1.33. The molecule has 11 heteroatoms. The molecule has 1 aromatic carbocycles. The highest BCUT2D eigenvalue weighted by molar-refractivity contribution is 7.18. The van der Waals surface area contributed by atoms with Crippen LogP contribution < -0.4 is 11.0 Å². The number of phenols is 1. The monoisotopic (exact) mass is 413 g/mol. The first-order valence-electron chi connectivity index (χ1n) is 8.79. The maximum Gasteiger partial charge on any atom is 0.311 e. The highest BCUT2D eigenvalue weighted by Crippen LogP contribution is 2.33. The number of rotatable bonds is 4. The van der Waals surface area contributed by atoms with Crippen molar-refractivity contribution in [3.63, 3.8) is 0 Å². The second-order valence-corrected chi connectivity index (χ2v) is 7.59. The van der Waals surface area contributed by atoms with E-state index in [1.807, 2.05) is 0 Å². The number of aryl methyl sites for hydroxylation is 2. The summed E-state index contributed by atoms with van der Waals surface area (Å²) < 4.78 is 0. The van der Waals surface area contributed by atoms with Gasteiger partial charge in [-0.2, -0.15) is 5.10 Å². The van der Waals surface area contributed by atoms with Crippen LogP contribution in [0.1, 0.15) is 39.5 Å². The van der Waals surface area contributed by atoms with E-state index in [0.717, 1.165) is 48.3 Å². The number of aromatic amines is 1. The molecule has 0 atom stereocenters. The van der Waals surface area contributed by atoms with Crippen molar-refractivity contribution < 1.29 is 14.8 Å². The Labute approximate surface area is 167 Å². The van der Waals surface area contributed by atoms with Crippen LogP contribution in [0.4, 0.5) is 5.69 Å². The molecule has 0 unspecified atom stereocenters. The zero-order chi connectivity index (χ0) is 20.5. The van der Waals surface area contributed by atoms with Crippen molar-refractivity contribution in [3.05, 3.63) is 60.5 Å². The molecule has 4 rings (SSSR count). The number of hydrogen-bond acceptors (Lipinski definition) is 8. The number of carbonyl (C=O) groups is 1. The minimum atomic E-state index is -0.726. The Kier molecular flexibility index (Phi) is 4.80. The molecule has 0 saturated carbocycles. The number of nitrogens with one attached hydrogen (secondary N) is 2. The van der Waals surface area contributed by atoms with Gasteiger partial charge in [0.15, 0.2) is 5.75 Å². The lowest BCUT2D eigenvalue weighted by molar-refractivity contribution is -0.385. The van der Waals surface area contributed by atoms with Crippen LogP contribution in [-0.4, -0.2) is 32.1 Å². The second kappa shape index (κ2) is 7.43. The number of hydrazone groups is 1. The van der Waals surface area contributed by atoms with E-state index in [9.17, 15) is 24.8 Å². The Hall–Kier alpha value is -3.60. The van der Waals surface area contributed by atoms with Gasteiger partial charge >= 0.3 is 11.6 Å². The number of fused-ring (bicyclic) bond motifs is 3. The molecule has 1 amide bonds. The summed E-state index contributed by atoms with van der Waals surface area (Å²) in [4.78, 5) is 43.3. The van der Waals surface area contributed by atoms with E-state index in [4.69, 9.17) is 0 Å². The fourth-order valence-corrected chi connectivity index (χ4v) is 4.52. The summed E-state index contributed by atoms with van der Waals surface area (Å²) in [6.45, 7) is 0. The average Bonchev–Trinajstić information content (AvgIpc) is 3.07. The van der Waals surface area contributed by atoms with Crippen molar-refractivity contribution in [2.75, 3.05) is 0 Å². The zero-order valence-corrected chi connectivity index (χ0v) is 15.8. The van der Waals surface area contributed by atoms with E-state index >= 15 is 0 Å². The number of H-pyrrole nitrogens is 1. The van der Waals surface area contributed by atoms with Crippen molar-refractivity contribution in [3.8, 4) is 5.75 Å². The number of amides is 1. The third kappa shape index (κ3) is 3.59. The van der Waals surface area contributed by atoms with E-state index in [2.05, 4.69) is 20.5 Å². The van der Waals surface area contributed by atoms with Gasteiger partial charge in [-0.1, -0.05) is 0 Å². The van der Waals surface area contributed by atoms with Gasteiger partial charge in [-0.3, -0.25) is 19.7 Å². The molecule has 0 spiro atoms. The van der Waals surface area contributed by atoms with Crippen molar-refractivity contribution in [1.29, 1.82) is 0 Å². The summed E-state index contributed by atoms with van der Waals surface area (Å²) >= 11 is 1.43. The molecule has 29 heavy (non-hydrogen) atoms. The summed E-state index contributed by atoms with van der Waals surface area (Å²) in [7, 11) is 0. The number of nitrogens with zero attached hydrogens (tertiary/aromatic N) is 3. The molecule has 10 nitrogen and oxygen atoms in total. The van der Waals surface area contributed by atoms with Gasteiger partial charge in [-0.05, 0) is 43.4 Å². The van der Waals surface area contributed by atoms with Gasteiger partial charge in [0, 0.05) is 16.5 Å². The quantitative estimate of drug-likeness (QED) is 0.339. The molecular weight excluding hydrogens is 398 g/mol. The Morgan fingerprint density at radius 3 is 2.97 bits per heavy atom. The number of aromatic nitrogens is 2. The van der Waals surface area contributed by atoms with Crippen molar-refractivity contribution in [2.24, 2.45) is 5.10 Å². The number of thiophene rings is 1. The van der Waals surface area contributed by atoms with E-state index < -0.39 is 22.3 Å². The van der Waals surface area contributed by atoms with Gasteiger partial charge < -0.3 is 10.1 Å². The average molecular weight is 413 g/mol. The van der Waals surface area contributed by atoms with Crippen molar-refractivity contribution >= 4 is 39.4 Å². The molecule has 2 heterocycles. The predicted molar refractivity (Wildman–Crippen MR) is 107 cm³/mol. The molecule has 0 bridgehead atoms. The van der Waals surface area contributed by atoms with E-state index in [1.54, 1.807) is 0 Å². The smallest absolute Gasteiger partial charge is 0.311 e. The zero-order valence-electron chi connectivity index (χ0n) is 15.0. The lowest BCUT2D eigenvalue weighted by Crippen LogP contribution is -2.24. The van der Waals surface area contributed by atoms with Gasteiger partial charge in [-0.15, -0.1) is 11.3 Å². The normalized spacial score (nSPS) is 13.5. The minimum Gasteiger partial charge on any atom is -0.502 e. The van der Waals surface area contributed by atoms with Crippen LogP contribution in [0.25, 0.3) is 10.2 Å². The Morgan fingerprint density at radius 2 is 2.17 bits per heavy atom. The van der Waals surface area contributed by atoms with Gasteiger partial charge in [-0.25, -0.2) is 10.4 Å². The second-order valence-electron chi connectivity index (χ2n) is 6.51. The number of benzene rings is 1. The number of phenolic OH excluding ortho intramolecular Hbond substituents is 1. The first kappa shape index (κ1) is 18.7. The molecular formula is C18H15N5O5S. The molecule has 2 aromatic heterocycles. The molecule has 3 aromatic rings. The Bertz CT molecular complexity index is 1230. The van der Waals surface area contributed by atoms with Gasteiger partial charge in [0.05, 0.1) is 16.5 Å². The number of hydrogen-bond donors (Lipinski definition) is 3. The lowest BCUT2D eigenvalue weighted by atomic mass is 9.97. The van der Waals surface area contributed by atoms with Crippen LogP contribution in [-0.2, 0) is 12.8 Å². The predicted octanol–water partition coefficient (Wildman–Crippen LogP) is 2.24. The summed E-state index contributed by atoms with van der Waals surface area (Å²) in [5, 5.41) is 24.6. The first-order chi connectivity index (χ1) is 13.9. The van der Waals surface area contributed by atoms with E-state index in [0.29, 0.717) is 15.8 Å². The molecule has 0 fully saturated rings. The topological polar surface area (TPSA) is 151 Å². The number of nitro benzene ring substituents is 1. The SMILES string of the molecule is O=C(N/N=C\c1ccc(O)c([N+](=O)[O-])c1)c1nc2sc3c(c2c(=O)[nH]1)CCCC3. The van der Waals surface area contributed by atoms with Crippen LogP contribution >= 0.6 is 11.3 Å². The highest BCUT2D eigenvalue weighted by Gasteiger charge is 2.21. The molecule has 0 radical (unpaired) electrons.